The Bertz CT molecular complexity index is 1240. The molecule has 150 valence electrons. The van der Waals surface area contributed by atoms with E-state index in [0.717, 1.165) is 24.2 Å². The molecular formula is C26H30N2O. The van der Waals surface area contributed by atoms with Gasteiger partial charge in [0.2, 0.25) is 0 Å². The highest BCUT2D eigenvalue weighted by molar-refractivity contribution is 6.13. The summed E-state index contributed by atoms with van der Waals surface area (Å²) in [4.78, 5) is 4.80. The van der Waals surface area contributed by atoms with E-state index in [2.05, 4.69) is 68.6 Å². The van der Waals surface area contributed by atoms with Gasteiger partial charge in [0.1, 0.15) is 11.4 Å². The van der Waals surface area contributed by atoms with Crippen molar-refractivity contribution < 1.29 is 4.74 Å². The van der Waals surface area contributed by atoms with Crippen LogP contribution in [0.5, 0.6) is 5.75 Å². The smallest absolute Gasteiger partial charge is 0.145 e. The molecule has 1 aliphatic rings. The van der Waals surface area contributed by atoms with Gasteiger partial charge in [-0.25, -0.2) is 4.98 Å². The lowest BCUT2D eigenvalue weighted by Crippen LogP contribution is -2.10. The van der Waals surface area contributed by atoms with Gasteiger partial charge in [-0.1, -0.05) is 33.8 Å². The number of ether oxygens (including phenoxy) is 1. The largest absolute Gasteiger partial charge is 0.497 e. The molecule has 4 aromatic rings. The van der Waals surface area contributed by atoms with Crippen LogP contribution >= 0.6 is 0 Å². The number of aromatic nitrogens is 2. The summed E-state index contributed by atoms with van der Waals surface area (Å²) < 4.78 is 7.90. The third kappa shape index (κ3) is 2.99. The fourth-order valence-corrected chi connectivity index (χ4v) is 4.82. The Labute approximate surface area is 172 Å². The second-order valence-corrected chi connectivity index (χ2v) is 9.90. The monoisotopic (exact) mass is 386 g/mol. The van der Waals surface area contributed by atoms with Gasteiger partial charge in [0, 0.05) is 22.7 Å². The Balaban J connectivity index is 1.77. The zero-order valence-electron chi connectivity index (χ0n) is 18.2. The molecule has 5 rings (SSSR count). The number of aryl methyl sites for hydroxylation is 2. The highest BCUT2D eigenvalue weighted by atomic mass is 16.5. The van der Waals surface area contributed by atoms with Gasteiger partial charge in [-0.2, -0.15) is 0 Å². The second-order valence-electron chi connectivity index (χ2n) is 9.90. The van der Waals surface area contributed by atoms with E-state index in [9.17, 15) is 0 Å². The van der Waals surface area contributed by atoms with Crippen molar-refractivity contribution in [2.24, 2.45) is 5.41 Å². The topological polar surface area (TPSA) is 26.5 Å². The van der Waals surface area contributed by atoms with Gasteiger partial charge in [-0.15, -0.1) is 0 Å². The summed E-state index contributed by atoms with van der Waals surface area (Å²) in [7, 11) is 1.73. The summed E-state index contributed by atoms with van der Waals surface area (Å²) in [6.45, 7) is 9.39. The summed E-state index contributed by atoms with van der Waals surface area (Å²) >= 11 is 0. The summed E-state index contributed by atoms with van der Waals surface area (Å²) in [5, 5.41) is 3.80. The normalized spacial score (nSPS) is 14.9. The first-order chi connectivity index (χ1) is 13.9. The lowest BCUT2D eigenvalue weighted by Gasteiger charge is -2.24. The van der Waals surface area contributed by atoms with Crippen LogP contribution in [0.2, 0.25) is 0 Å². The molecule has 0 bridgehead atoms. The molecule has 3 heterocycles. The molecule has 0 amide bonds. The number of hydrogen-bond donors (Lipinski definition) is 0. The minimum Gasteiger partial charge on any atom is -0.497 e. The van der Waals surface area contributed by atoms with Crippen LogP contribution in [0.1, 0.15) is 63.3 Å². The zero-order valence-corrected chi connectivity index (χ0v) is 18.2. The van der Waals surface area contributed by atoms with Crippen molar-refractivity contribution >= 4 is 27.3 Å². The van der Waals surface area contributed by atoms with Crippen LogP contribution in [0, 0.1) is 5.41 Å². The van der Waals surface area contributed by atoms with Crippen LogP contribution in [-0.2, 0) is 12.8 Å². The quantitative estimate of drug-likeness (QED) is 0.366. The molecule has 0 saturated carbocycles. The summed E-state index contributed by atoms with van der Waals surface area (Å²) in [6, 6.07) is 11.3. The standard InChI is InChI=1S/C26H30N2O/c1-16(10-11-26(2,3)4)18-12-17-6-7-19-15-27-25-23-14-20(29-5)8-9-21(23)22(13-18)24(17)28(19)25/h8-9,12-16H,6-7,10-11H2,1-5H3. The molecule has 0 radical (unpaired) electrons. The highest BCUT2D eigenvalue weighted by Gasteiger charge is 2.22. The molecule has 0 aliphatic carbocycles. The van der Waals surface area contributed by atoms with Crippen LogP contribution in [-0.4, -0.2) is 16.5 Å². The molecule has 0 spiro atoms. The molecule has 29 heavy (non-hydrogen) atoms. The number of benzene rings is 2. The predicted molar refractivity (Wildman–Crippen MR) is 121 cm³/mol. The minimum absolute atomic E-state index is 0.375. The van der Waals surface area contributed by atoms with Gasteiger partial charge < -0.3 is 4.74 Å². The van der Waals surface area contributed by atoms with Crippen LogP contribution in [0.25, 0.3) is 27.3 Å². The number of nitrogens with zero attached hydrogens (tertiary/aromatic N) is 2. The number of fused-ring (bicyclic) bond motifs is 3. The van der Waals surface area contributed by atoms with E-state index in [4.69, 9.17) is 9.72 Å². The maximum atomic E-state index is 5.52. The third-order valence-corrected chi connectivity index (χ3v) is 6.57. The molecule has 2 aromatic carbocycles. The van der Waals surface area contributed by atoms with E-state index in [1.54, 1.807) is 7.11 Å². The average Bonchev–Trinajstić information content (AvgIpc) is 3.15. The van der Waals surface area contributed by atoms with Crippen LogP contribution < -0.4 is 4.74 Å². The SMILES string of the molecule is COc1ccc2c(c1)c1ncc3n1c1c(cc(C(C)CCC(C)(C)C)cc21)CC3. The Morgan fingerprint density at radius 2 is 1.90 bits per heavy atom. The number of methoxy groups -OCH3 is 1. The molecule has 3 nitrogen and oxygen atoms in total. The Morgan fingerprint density at radius 1 is 1.07 bits per heavy atom. The minimum atomic E-state index is 0.375. The van der Waals surface area contributed by atoms with Crippen molar-refractivity contribution in [1.29, 1.82) is 0 Å². The van der Waals surface area contributed by atoms with Gasteiger partial charge in [0.15, 0.2) is 0 Å². The second kappa shape index (κ2) is 6.48. The fraction of sp³-hybridized carbons (Fsp3) is 0.423. The average molecular weight is 387 g/mol. The Kier molecular flexibility index (Phi) is 4.13. The zero-order chi connectivity index (χ0) is 20.3. The third-order valence-electron chi connectivity index (χ3n) is 6.57. The first-order valence-electron chi connectivity index (χ1n) is 10.8. The van der Waals surface area contributed by atoms with Gasteiger partial charge in [-0.05, 0) is 77.8 Å². The van der Waals surface area contributed by atoms with E-state index in [1.807, 2.05) is 0 Å². The lowest BCUT2D eigenvalue weighted by atomic mass is 9.83. The fourth-order valence-electron chi connectivity index (χ4n) is 4.82. The highest BCUT2D eigenvalue weighted by Crippen LogP contribution is 2.39. The van der Waals surface area contributed by atoms with E-state index >= 15 is 0 Å². The maximum Gasteiger partial charge on any atom is 0.145 e. The van der Waals surface area contributed by atoms with Gasteiger partial charge in [0.25, 0.3) is 0 Å². The number of rotatable bonds is 4. The molecule has 0 saturated heterocycles. The molecule has 2 aromatic heterocycles. The van der Waals surface area contributed by atoms with Gasteiger partial charge in [-0.3, -0.25) is 4.40 Å². The summed E-state index contributed by atoms with van der Waals surface area (Å²) in [5.41, 5.74) is 7.03. The number of pyridine rings is 1. The van der Waals surface area contributed by atoms with Crippen LogP contribution in [0.4, 0.5) is 0 Å². The lowest BCUT2D eigenvalue weighted by molar-refractivity contribution is 0.353. The molecule has 1 unspecified atom stereocenters. The van der Waals surface area contributed by atoms with Crippen LogP contribution in [0.15, 0.2) is 36.5 Å². The predicted octanol–water partition coefficient (Wildman–Crippen LogP) is 6.68. The van der Waals surface area contributed by atoms with Crippen molar-refractivity contribution in [2.45, 2.75) is 59.3 Å². The molecular weight excluding hydrogens is 356 g/mol. The van der Waals surface area contributed by atoms with Crippen LogP contribution in [0.3, 0.4) is 0 Å². The Hall–Kier alpha value is -2.55. The molecule has 0 N–H and O–H groups in total. The molecule has 1 aliphatic heterocycles. The van der Waals surface area contributed by atoms with Crippen molar-refractivity contribution in [1.82, 2.24) is 9.38 Å². The first-order valence-corrected chi connectivity index (χ1v) is 10.8. The van der Waals surface area contributed by atoms with E-state index in [-0.39, 0.29) is 0 Å². The van der Waals surface area contributed by atoms with Crippen molar-refractivity contribution in [3.05, 3.63) is 53.3 Å². The number of hydrogen-bond acceptors (Lipinski definition) is 2. The van der Waals surface area contributed by atoms with Gasteiger partial charge in [0.05, 0.1) is 12.6 Å². The summed E-state index contributed by atoms with van der Waals surface area (Å²) in [5.74, 6) is 1.44. The molecule has 1 atom stereocenters. The summed E-state index contributed by atoms with van der Waals surface area (Å²) in [6.07, 6.45) is 6.66. The van der Waals surface area contributed by atoms with Crippen molar-refractivity contribution in [3.8, 4) is 5.75 Å². The van der Waals surface area contributed by atoms with E-state index in [0.29, 0.717) is 11.3 Å². The first kappa shape index (κ1) is 18.5. The Morgan fingerprint density at radius 3 is 2.66 bits per heavy atom. The van der Waals surface area contributed by atoms with Crippen molar-refractivity contribution in [3.63, 3.8) is 0 Å². The maximum absolute atomic E-state index is 5.52. The molecule has 0 fully saturated rings. The van der Waals surface area contributed by atoms with Gasteiger partial charge >= 0.3 is 0 Å². The van der Waals surface area contributed by atoms with E-state index in [1.165, 1.54) is 51.3 Å². The van der Waals surface area contributed by atoms with Crippen molar-refractivity contribution in [2.75, 3.05) is 7.11 Å². The number of imidazole rings is 1. The molecule has 3 heteroatoms. The van der Waals surface area contributed by atoms with E-state index < -0.39 is 0 Å².